The van der Waals surface area contributed by atoms with Gasteiger partial charge in [0, 0.05) is 19.7 Å². The van der Waals surface area contributed by atoms with E-state index in [-0.39, 0.29) is 5.91 Å². The molecule has 1 heterocycles. The third kappa shape index (κ3) is 3.25. The average molecular weight is 202 g/mol. The average Bonchev–Trinajstić information content (AvgIpc) is 2.26. The Morgan fingerprint density at radius 1 is 1.57 bits per heavy atom. The Kier molecular flexibility index (Phi) is 4.86. The summed E-state index contributed by atoms with van der Waals surface area (Å²) in [5.74, 6) is -0.0400. The van der Waals surface area contributed by atoms with Gasteiger partial charge in [0.15, 0.2) is 0 Å². The van der Waals surface area contributed by atoms with Gasteiger partial charge in [0.25, 0.3) is 0 Å². The number of morpholine rings is 1. The number of rotatable bonds is 4. The molecule has 1 aliphatic rings. The van der Waals surface area contributed by atoms with Gasteiger partial charge in [-0.05, 0) is 6.92 Å². The molecule has 5 heteroatoms. The summed E-state index contributed by atoms with van der Waals surface area (Å²) in [5, 5.41) is 0. The predicted octanol–water partition coefficient (Wildman–Crippen LogP) is -0.791. The van der Waals surface area contributed by atoms with Crippen LogP contribution < -0.4 is 5.73 Å². The highest BCUT2D eigenvalue weighted by molar-refractivity contribution is 5.81. The van der Waals surface area contributed by atoms with E-state index in [1.165, 1.54) is 0 Å². The molecule has 2 N–H and O–H groups in total. The topological polar surface area (TPSA) is 64.8 Å². The maximum Gasteiger partial charge on any atom is 0.242 e. The summed E-state index contributed by atoms with van der Waals surface area (Å²) in [7, 11) is 0. The molecule has 5 nitrogen and oxygen atoms in total. The first-order valence-electron chi connectivity index (χ1n) is 4.95. The first-order chi connectivity index (χ1) is 6.75. The lowest BCUT2D eigenvalue weighted by molar-refractivity contribution is -0.138. The molecule has 1 fully saturated rings. The zero-order valence-electron chi connectivity index (χ0n) is 8.57. The number of carbonyl (C=O) groups excluding carboxylic acids is 1. The summed E-state index contributed by atoms with van der Waals surface area (Å²) in [6.07, 6.45) is 0. The fourth-order valence-corrected chi connectivity index (χ4v) is 1.33. The van der Waals surface area contributed by atoms with Crippen LogP contribution in [-0.4, -0.2) is 56.4 Å². The number of nitrogens with two attached hydrogens (primary N) is 1. The van der Waals surface area contributed by atoms with E-state index in [0.717, 1.165) is 0 Å². The number of hydrogen-bond acceptors (Lipinski definition) is 4. The number of ether oxygens (including phenoxy) is 2. The SMILES string of the molecule is CCOC[C@H](N)C(=O)N1CCOCC1. The summed E-state index contributed by atoms with van der Waals surface area (Å²) in [4.78, 5) is 13.4. The van der Waals surface area contributed by atoms with Gasteiger partial charge in [-0.3, -0.25) is 4.79 Å². The molecular weight excluding hydrogens is 184 g/mol. The lowest BCUT2D eigenvalue weighted by Gasteiger charge is -2.28. The molecule has 1 saturated heterocycles. The van der Waals surface area contributed by atoms with Crippen molar-refractivity contribution < 1.29 is 14.3 Å². The lowest BCUT2D eigenvalue weighted by Crippen LogP contribution is -2.50. The van der Waals surface area contributed by atoms with Gasteiger partial charge in [0.05, 0.1) is 19.8 Å². The van der Waals surface area contributed by atoms with Crippen molar-refractivity contribution in [2.24, 2.45) is 5.73 Å². The van der Waals surface area contributed by atoms with Crippen molar-refractivity contribution in [2.75, 3.05) is 39.5 Å². The van der Waals surface area contributed by atoms with Crippen molar-refractivity contribution in [3.05, 3.63) is 0 Å². The van der Waals surface area contributed by atoms with Gasteiger partial charge in [0.1, 0.15) is 6.04 Å². The van der Waals surface area contributed by atoms with Crippen LogP contribution in [0.25, 0.3) is 0 Å². The fraction of sp³-hybridized carbons (Fsp3) is 0.889. The second-order valence-electron chi connectivity index (χ2n) is 3.20. The van der Waals surface area contributed by atoms with Crippen LogP contribution in [0.5, 0.6) is 0 Å². The normalized spacial score (nSPS) is 19.4. The first-order valence-corrected chi connectivity index (χ1v) is 4.95. The molecule has 1 atom stereocenters. The number of carbonyl (C=O) groups is 1. The molecule has 82 valence electrons. The fourth-order valence-electron chi connectivity index (χ4n) is 1.33. The third-order valence-electron chi connectivity index (χ3n) is 2.14. The Morgan fingerprint density at radius 3 is 2.79 bits per heavy atom. The Bertz CT molecular complexity index is 181. The van der Waals surface area contributed by atoms with Gasteiger partial charge in [-0.2, -0.15) is 0 Å². The van der Waals surface area contributed by atoms with Crippen LogP contribution in [0.4, 0.5) is 0 Å². The molecular formula is C9H18N2O3. The molecule has 0 aromatic carbocycles. The first kappa shape index (κ1) is 11.4. The monoisotopic (exact) mass is 202 g/mol. The molecule has 0 saturated carbocycles. The summed E-state index contributed by atoms with van der Waals surface area (Å²) >= 11 is 0. The zero-order chi connectivity index (χ0) is 10.4. The molecule has 14 heavy (non-hydrogen) atoms. The van der Waals surface area contributed by atoms with Gasteiger partial charge in [0.2, 0.25) is 5.91 Å². The van der Waals surface area contributed by atoms with Crippen LogP contribution in [0.3, 0.4) is 0 Å². The van der Waals surface area contributed by atoms with E-state index >= 15 is 0 Å². The van der Waals surface area contributed by atoms with Crippen molar-refractivity contribution >= 4 is 5.91 Å². The smallest absolute Gasteiger partial charge is 0.242 e. The largest absolute Gasteiger partial charge is 0.380 e. The van der Waals surface area contributed by atoms with Gasteiger partial charge < -0.3 is 20.1 Å². The highest BCUT2D eigenvalue weighted by Gasteiger charge is 2.22. The van der Waals surface area contributed by atoms with Crippen molar-refractivity contribution in [1.82, 2.24) is 4.90 Å². The number of amides is 1. The van der Waals surface area contributed by atoms with Crippen LogP contribution in [-0.2, 0) is 14.3 Å². The van der Waals surface area contributed by atoms with E-state index < -0.39 is 6.04 Å². The van der Waals surface area contributed by atoms with Crippen molar-refractivity contribution in [3.8, 4) is 0 Å². The molecule has 1 rings (SSSR count). The van der Waals surface area contributed by atoms with E-state index in [1.54, 1.807) is 4.90 Å². The Morgan fingerprint density at radius 2 is 2.21 bits per heavy atom. The van der Waals surface area contributed by atoms with E-state index in [9.17, 15) is 4.79 Å². The van der Waals surface area contributed by atoms with Gasteiger partial charge in [-0.1, -0.05) is 0 Å². The second-order valence-corrected chi connectivity index (χ2v) is 3.20. The zero-order valence-corrected chi connectivity index (χ0v) is 8.57. The number of hydrogen-bond donors (Lipinski definition) is 1. The maximum atomic E-state index is 11.7. The minimum absolute atomic E-state index is 0.0400. The minimum Gasteiger partial charge on any atom is -0.380 e. The molecule has 1 amide bonds. The van der Waals surface area contributed by atoms with Crippen molar-refractivity contribution in [1.29, 1.82) is 0 Å². The quantitative estimate of drug-likeness (QED) is 0.649. The van der Waals surface area contributed by atoms with Crippen LogP contribution in [0, 0.1) is 0 Å². The minimum atomic E-state index is -0.534. The maximum absolute atomic E-state index is 11.7. The molecule has 0 aromatic heterocycles. The van der Waals surface area contributed by atoms with Crippen LogP contribution in [0.15, 0.2) is 0 Å². The molecule has 1 aliphatic heterocycles. The summed E-state index contributed by atoms with van der Waals surface area (Å²) in [5.41, 5.74) is 5.68. The van der Waals surface area contributed by atoms with Crippen LogP contribution in [0.1, 0.15) is 6.92 Å². The number of nitrogens with zero attached hydrogens (tertiary/aromatic N) is 1. The molecule has 0 aliphatic carbocycles. The third-order valence-corrected chi connectivity index (χ3v) is 2.14. The predicted molar refractivity (Wildman–Crippen MR) is 51.9 cm³/mol. The van der Waals surface area contributed by atoms with E-state index in [4.69, 9.17) is 15.2 Å². The Labute approximate surface area is 84.1 Å². The molecule has 0 aromatic rings. The highest BCUT2D eigenvalue weighted by atomic mass is 16.5. The van der Waals surface area contributed by atoms with E-state index in [1.807, 2.05) is 6.92 Å². The van der Waals surface area contributed by atoms with Crippen LogP contribution in [0.2, 0.25) is 0 Å². The molecule has 0 unspecified atom stereocenters. The molecule has 0 bridgehead atoms. The Balaban J connectivity index is 2.30. The standard InChI is InChI=1S/C9H18N2O3/c1-2-13-7-8(10)9(12)11-3-5-14-6-4-11/h8H,2-7,10H2,1H3/t8-/m0/s1. The van der Waals surface area contributed by atoms with Crippen molar-refractivity contribution in [2.45, 2.75) is 13.0 Å². The van der Waals surface area contributed by atoms with Crippen LogP contribution >= 0.6 is 0 Å². The highest BCUT2D eigenvalue weighted by Crippen LogP contribution is 1.99. The summed E-state index contributed by atoms with van der Waals surface area (Å²) in [6, 6.07) is -0.534. The van der Waals surface area contributed by atoms with Gasteiger partial charge in [-0.15, -0.1) is 0 Å². The molecule has 0 radical (unpaired) electrons. The summed E-state index contributed by atoms with van der Waals surface area (Å²) < 4.78 is 10.2. The summed E-state index contributed by atoms with van der Waals surface area (Å²) in [6.45, 7) is 5.25. The lowest BCUT2D eigenvalue weighted by atomic mass is 10.2. The Hall–Kier alpha value is -0.650. The van der Waals surface area contributed by atoms with E-state index in [2.05, 4.69) is 0 Å². The van der Waals surface area contributed by atoms with E-state index in [0.29, 0.717) is 39.5 Å². The van der Waals surface area contributed by atoms with Gasteiger partial charge >= 0.3 is 0 Å². The second kappa shape index (κ2) is 5.95. The van der Waals surface area contributed by atoms with Crippen molar-refractivity contribution in [3.63, 3.8) is 0 Å². The van der Waals surface area contributed by atoms with Gasteiger partial charge in [-0.25, -0.2) is 0 Å². The molecule has 0 spiro atoms.